The topological polar surface area (TPSA) is 63.8 Å². The molecule has 78 valence electrons. The Bertz CT molecular complexity index is 535. The van der Waals surface area contributed by atoms with Crippen LogP contribution in [-0.4, -0.2) is 27.6 Å². The van der Waals surface area contributed by atoms with Crippen LogP contribution in [0.1, 0.15) is 10.4 Å². The van der Waals surface area contributed by atoms with E-state index >= 15 is 0 Å². The highest BCUT2D eigenvalue weighted by molar-refractivity contribution is 5.95. The van der Waals surface area contributed by atoms with E-state index in [9.17, 15) is 14.3 Å². The molecule has 0 aliphatic carbocycles. The minimum atomic E-state index is -1.02. The van der Waals surface area contributed by atoms with E-state index in [2.05, 4.69) is 9.72 Å². The van der Waals surface area contributed by atoms with E-state index in [0.29, 0.717) is 0 Å². The molecule has 0 radical (unpaired) electrons. The first-order chi connectivity index (χ1) is 7.15. The fraction of sp³-hybridized carbons (Fsp3) is 0.111. The molecule has 2 aromatic heterocycles. The fourth-order valence-electron chi connectivity index (χ4n) is 1.30. The Morgan fingerprint density at radius 3 is 3.07 bits per heavy atom. The van der Waals surface area contributed by atoms with Crippen molar-refractivity contribution in [2.45, 2.75) is 0 Å². The Morgan fingerprint density at radius 1 is 1.67 bits per heavy atom. The highest BCUT2D eigenvalue weighted by atomic mass is 19.1. The van der Waals surface area contributed by atoms with Crippen molar-refractivity contribution in [1.82, 2.24) is 9.38 Å². The molecule has 0 atom stereocenters. The summed E-state index contributed by atoms with van der Waals surface area (Å²) < 4.78 is 18.5. The molecule has 0 saturated carbocycles. The number of hydrogen-bond donors (Lipinski definition) is 1. The van der Waals surface area contributed by atoms with Gasteiger partial charge in [-0.15, -0.1) is 0 Å². The van der Waals surface area contributed by atoms with Crippen molar-refractivity contribution < 1.29 is 19.0 Å². The first-order valence-corrected chi connectivity index (χ1v) is 4.09. The second kappa shape index (κ2) is 3.23. The largest absolute Gasteiger partial charge is 0.491 e. The van der Waals surface area contributed by atoms with E-state index in [4.69, 9.17) is 0 Å². The third-order valence-electron chi connectivity index (χ3n) is 1.99. The number of aromatic nitrogens is 2. The Balaban J connectivity index is 2.77. The quantitative estimate of drug-likeness (QED) is 0.712. The minimum Gasteiger partial charge on any atom is -0.491 e. The lowest BCUT2D eigenvalue weighted by atomic mass is 10.3. The number of imidazole rings is 1. The zero-order valence-corrected chi connectivity index (χ0v) is 7.77. The summed E-state index contributed by atoms with van der Waals surface area (Å²) in [5.74, 6) is -2.28. The number of rotatable bonds is 1. The van der Waals surface area contributed by atoms with Gasteiger partial charge in [-0.25, -0.2) is 4.79 Å². The van der Waals surface area contributed by atoms with Gasteiger partial charge >= 0.3 is 5.97 Å². The van der Waals surface area contributed by atoms with Crippen molar-refractivity contribution in [1.29, 1.82) is 0 Å². The Morgan fingerprint density at radius 2 is 2.40 bits per heavy atom. The van der Waals surface area contributed by atoms with E-state index in [1.165, 1.54) is 25.4 Å². The molecule has 5 nitrogen and oxygen atoms in total. The molecular weight excluding hydrogens is 203 g/mol. The second-order valence-corrected chi connectivity index (χ2v) is 2.83. The van der Waals surface area contributed by atoms with Crippen LogP contribution >= 0.6 is 0 Å². The van der Waals surface area contributed by atoms with Crippen LogP contribution in [0.3, 0.4) is 0 Å². The number of halogens is 1. The molecule has 0 unspecified atom stereocenters. The Labute approximate surface area is 83.7 Å². The SMILES string of the molecule is COC(=O)c1cccn2c(O)c(F)nc12. The van der Waals surface area contributed by atoms with Crippen LogP contribution in [0, 0.1) is 5.95 Å². The minimum absolute atomic E-state index is 0.0272. The Hall–Kier alpha value is -2.11. The van der Waals surface area contributed by atoms with E-state index in [-0.39, 0.29) is 11.2 Å². The summed E-state index contributed by atoms with van der Waals surface area (Å²) in [6.07, 6.45) is 1.40. The van der Waals surface area contributed by atoms with Crippen LogP contribution in [-0.2, 0) is 4.74 Å². The van der Waals surface area contributed by atoms with Crippen molar-refractivity contribution in [3.63, 3.8) is 0 Å². The van der Waals surface area contributed by atoms with E-state index in [1.54, 1.807) is 0 Å². The van der Waals surface area contributed by atoms with Crippen LogP contribution in [0.2, 0.25) is 0 Å². The monoisotopic (exact) mass is 210 g/mol. The molecule has 2 rings (SSSR count). The standard InChI is InChI=1S/C9H7FN2O3/c1-15-9(14)5-3-2-4-12-7(5)11-6(10)8(12)13/h2-4,13H,1H3. The van der Waals surface area contributed by atoms with Gasteiger partial charge in [0.25, 0.3) is 11.8 Å². The molecule has 0 saturated heterocycles. The first-order valence-electron chi connectivity index (χ1n) is 4.09. The second-order valence-electron chi connectivity index (χ2n) is 2.83. The highest BCUT2D eigenvalue weighted by Crippen LogP contribution is 2.20. The van der Waals surface area contributed by atoms with Gasteiger partial charge in [-0.05, 0) is 12.1 Å². The van der Waals surface area contributed by atoms with Crippen molar-refractivity contribution in [3.8, 4) is 5.88 Å². The molecule has 0 aliphatic rings. The van der Waals surface area contributed by atoms with Gasteiger partial charge in [0.05, 0.1) is 7.11 Å². The number of carbonyl (C=O) groups is 1. The third-order valence-corrected chi connectivity index (χ3v) is 1.99. The maximum atomic E-state index is 12.9. The molecule has 0 fully saturated rings. The summed E-state index contributed by atoms with van der Waals surface area (Å²) in [5, 5.41) is 9.25. The van der Waals surface area contributed by atoms with Crippen LogP contribution in [0.15, 0.2) is 18.3 Å². The molecule has 2 heterocycles. The van der Waals surface area contributed by atoms with Crippen LogP contribution < -0.4 is 0 Å². The lowest BCUT2D eigenvalue weighted by Crippen LogP contribution is -2.03. The normalized spacial score (nSPS) is 10.5. The maximum absolute atomic E-state index is 12.9. The van der Waals surface area contributed by atoms with Crippen molar-refractivity contribution >= 4 is 11.6 Å². The van der Waals surface area contributed by atoms with Crippen molar-refractivity contribution in [3.05, 3.63) is 29.8 Å². The van der Waals surface area contributed by atoms with Crippen LogP contribution in [0.4, 0.5) is 4.39 Å². The van der Waals surface area contributed by atoms with E-state index < -0.39 is 17.8 Å². The summed E-state index contributed by atoms with van der Waals surface area (Å²) in [6.45, 7) is 0. The average molecular weight is 210 g/mol. The van der Waals surface area contributed by atoms with E-state index in [0.717, 1.165) is 4.40 Å². The molecule has 6 heteroatoms. The van der Waals surface area contributed by atoms with E-state index in [1.807, 2.05) is 0 Å². The predicted octanol–water partition coefficient (Wildman–Crippen LogP) is 0.966. The molecule has 0 spiro atoms. The third kappa shape index (κ3) is 1.30. The summed E-state index contributed by atoms with van der Waals surface area (Å²) in [6, 6.07) is 2.92. The zero-order chi connectivity index (χ0) is 11.0. The van der Waals surface area contributed by atoms with Crippen molar-refractivity contribution in [2.75, 3.05) is 7.11 Å². The number of hydrogen-bond acceptors (Lipinski definition) is 4. The summed E-state index contributed by atoms with van der Waals surface area (Å²) >= 11 is 0. The van der Waals surface area contributed by atoms with Gasteiger partial charge in [0.15, 0.2) is 5.65 Å². The molecule has 15 heavy (non-hydrogen) atoms. The lowest BCUT2D eigenvalue weighted by Gasteiger charge is -2.00. The van der Waals surface area contributed by atoms with Gasteiger partial charge in [0.1, 0.15) is 5.56 Å². The first kappa shape index (κ1) is 9.45. The van der Waals surface area contributed by atoms with Gasteiger partial charge in [0.2, 0.25) is 0 Å². The van der Waals surface area contributed by atoms with Gasteiger partial charge in [-0.3, -0.25) is 4.40 Å². The number of pyridine rings is 1. The number of aromatic hydroxyl groups is 1. The lowest BCUT2D eigenvalue weighted by molar-refractivity contribution is 0.0602. The molecule has 0 aliphatic heterocycles. The van der Waals surface area contributed by atoms with Gasteiger partial charge in [-0.2, -0.15) is 9.37 Å². The average Bonchev–Trinajstić information content (AvgIpc) is 2.54. The Kier molecular flexibility index (Phi) is 2.03. The fourth-order valence-corrected chi connectivity index (χ4v) is 1.30. The molecule has 2 aromatic rings. The van der Waals surface area contributed by atoms with Crippen molar-refractivity contribution in [2.24, 2.45) is 0 Å². The van der Waals surface area contributed by atoms with Crippen LogP contribution in [0.5, 0.6) is 5.88 Å². The number of methoxy groups -OCH3 is 1. The number of fused-ring (bicyclic) bond motifs is 1. The summed E-state index contributed by atoms with van der Waals surface area (Å²) in [5.41, 5.74) is 0.124. The molecule has 0 bridgehead atoms. The van der Waals surface area contributed by atoms with Gasteiger partial charge < -0.3 is 9.84 Å². The number of esters is 1. The molecule has 0 amide bonds. The molecular formula is C9H7FN2O3. The number of nitrogens with zero attached hydrogens (tertiary/aromatic N) is 2. The summed E-state index contributed by atoms with van der Waals surface area (Å²) in [7, 11) is 1.21. The zero-order valence-electron chi connectivity index (χ0n) is 7.77. The molecule has 0 aromatic carbocycles. The molecule has 1 N–H and O–H groups in total. The van der Waals surface area contributed by atoms with Crippen LogP contribution in [0.25, 0.3) is 5.65 Å². The smallest absolute Gasteiger partial charge is 0.341 e. The number of carbonyl (C=O) groups excluding carboxylic acids is 1. The van der Waals surface area contributed by atoms with Gasteiger partial charge in [0, 0.05) is 6.20 Å². The predicted molar refractivity (Wildman–Crippen MR) is 48.2 cm³/mol. The number of ether oxygens (including phenoxy) is 1. The summed E-state index contributed by atoms with van der Waals surface area (Å²) in [4.78, 5) is 14.7. The maximum Gasteiger partial charge on any atom is 0.341 e. The van der Waals surface area contributed by atoms with Gasteiger partial charge in [-0.1, -0.05) is 0 Å². The highest BCUT2D eigenvalue weighted by Gasteiger charge is 2.17.